The number of carbonyl (C=O) groups is 1. The maximum absolute atomic E-state index is 12.8. The number of nitrogens with zero attached hydrogens (tertiary/aromatic N) is 2. The molecule has 0 aliphatic heterocycles. The van der Waals surface area contributed by atoms with Gasteiger partial charge in [0.2, 0.25) is 0 Å². The van der Waals surface area contributed by atoms with E-state index in [1.54, 1.807) is 6.08 Å². The molecule has 0 unspecified atom stereocenters. The minimum Gasteiger partial charge on any atom is -0.305 e. The second-order valence-electron chi connectivity index (χ2n) is 6.75. The first-order chi connectivity index (χ1) is 12.5. The molecule has 0 bridgehead atoms. The van der Waals surface area contributed by atoms with Crippen molar-refractivity contribution >= 4 is 11.9 Å². The molecule has 0 spiro atoms. The SMILES string of the molecule is CCN(CC)Cc1ccccc1C(=O)/C=C/c1ccccc1CN(C)C. The molecule has 0 aliphatic carbocycles. The second-order valence-corrected chi connectivity index (χ2v) is 6.75. The lowest BCUT2D eigenvalue weighted by molar-refractivity contribution is 0.104. The van der Waals surface area contributed by atoms with Crippen molar-refractivity contribution in [3.05, 3.63) is 76.9 Å². The topological polar surface area (TPSA) is 23.6 Å². The van der Waals surface area contributed by atoms with Crippen molar-refractivity contribution in [2.24, 2.45) is 0 Å². The van der Waals surface area contributed by atoms with Crippen molar-refractivity contribution in [3.63, 3.8) is 0 Å². The highest BCUT2D eigenvalue weighted by Gasteiger charge is 2.11. The monoisotopic (exact) mass is 350 g/mol. The van der Waals surface area contributed by atoms with Gasteiger partial charge in [-0.15, -0.1) is 0 Å². The first kappa shape index (κ1) is 20.1. The van der Waals surface area contributed by atoms with Crippen molar-refractivity contribution in [2.75, 3.05) is 27.2 Å². The molecule has 0 amide bonds. The molecule has 138 valence electrons. The minimum absolute atomic E-state index is 0.0624. The summed E-state index contributed by atoms with van der Waals surface area (Å²) in [5.74, 6) is 0.0624. The Balaban J connectivity index is 2.22. The third kappa shape index (κ3) is 5.65. The molecule has 0 heterocycles. The first-order valence-electron chi connectivity index (χ1n) is 9.30. The van der Waals surface area contributed by atoms with Crippen LogP contribution in [0.3, 0.4) is 0 Å². The fourth-order valence-corrected chi connectivity index (χ4v) is 3.02. The van der Waals surface area contributed by atoms with Gasteiger partial charge in [0.1, 0.15) is 0 Å². The van der Waals surface area contributed by atoms with Crippen LogP contribution in [0.2, 0.25) is 0 Å². The van der Waals surface area contributed by atoms with Gasteiger partial charge in [0.05, 0.1) is 0 Å². The van der Waals surface area contributed by atoms with Gasteiger partial charge in [-0.3, -0.25) is 9.69 Å². The summed E-state index contributed by atoms with van der Waals surface area (Å²) in [5, 5.41) is 0. The molecule has 0 fully saturated rings. The van der Waals surface area contributed by atoms with E-state index in [1.165, 1.54) is 5.56 Å². The summed E-state index contributed by atoms with van der Waals surface area (Å²) in [7, 11) is 4.10. The summed E-state index contributed by atoms with van der Waals surface area (Å²) < 4.78 is 0. The number of hydrogen-bond acceptors (Lipinski definition) is 3. The Labute approximate surface area is 157 Å². The molecule has 3 nitrogen and oxygen atoms in total. The molecule has 0 saturated heterocycles. The Kier molecular flexibility index (Phi) is 7.76. The van der Waals surface area contributed by atoms with Crippen molar-refractivity contribution < 1.29 is 4.79 Å². The van der Waals surface area contributed by atoms with Gasteiger partial charge in [0.15, 0.2) is 5.78 Å². The molecule has 2 aromatic carbocycles. The molecule has 0 radical (unpaired) electrons. The van der Waals surface area contributed by atoms with Gasteiger partial charge >= 0.3 is 0 Å². The molecule has 0 aromatic heterocycles. The maximum atomic E-state index is 12.8. The van der Waals surface area contributed by atoms with Crippen molar-refractivity contribution in [2.45, 2.75) is 26.9 Å². The van der Waals surface area contributed by atoms with E-state index in [-0.39, 0.29) is 5.78 Å². The number of allylic oxidation sites excluding steroid dienone is 1. The zero-order valence-electron chi connectivity index (χ0n) is 16.4. The Bertz CT molecular complexity index is 745. The van der Waals surface area contributed by atoms with Crippen LogP contribution in [0, 0.1) is 0 Å². The molecule has 0 saturated carbocycles. The zero-order chi connectivity index (χ0) is 18.9. The molecular formula is C23H30N2O. The van der Waals surface area contributed by atoms with Crippen LogP contribution < -0.4 is 0 Å². The minimum atomic E-state index is 0.0624. The Morgan fingerprint density at radius 3 is 2.15 bits per heavy atom. The highest BCUT2D eigenvalue weighted by atomic mass is 16.1. The van der Waals surface area contributed by atoms with Gasteiger partial charge in [-0.1, -0.05) is 68.5 Å². The molecular weight excluding hydrogens is 320 g/mol. The predicted octanol–water partition coefficient (Wildman–Crippen LogP) is 4.49. The number of hydrogen-bond donors (Lipinski definition) is 0. The van der Waals surface area contributed by atoms with E-state index >= 15 is 0 Å². The standard InChI is InChI=1S/C23H30N2O/c1-5-25(6-2)18-21-13-9-10-14-22(21)23(26)16-15-19-11-7-8-12-20(19)17-24(3)4/h7-16H,5-6,17-18H2,1-4H3/b16-15+. The van der Waals surface area contributed by atoms with Gasteiger partial charge in [0, 0.05) is 18.7 Å². The molecule has 3 heteroatoms. The first-order valence-corrected chi connectivity index (χ1v) is 9.30. The molecule has 0 N–H and O–H groups in total. The Morgan fingerprint density at radius 2 is 1.50 bits per heavy atom. The van der Waals surface area contributed by atoms with Crippen LogP contribution >= 0.6 is 0 Å². The summed E-state index contributed by atoms with van der Waals surface area (Å²) in [5.41, 5.74) is 4.20. The average molecular weight is 351 g/mol. The summed E-state index contributed by atoms with van der Waals surface area (Å²) >= 11 is 0. The number of carbonyl (C=O) groups excluding carboxylic acids is 1. The van der Waals surface area contributed by atoms with Gasteiger partial charge in [0.25, 0.3) is 0 Å². The Hall–Kier alpha value is -2.23. The summed E-state index contributed by atoms with van der Waals surface area (Å²) in [4.78, 5) is 17.3. The van der Waals surface area contributed by atoms with Crippen molar-refractivity contribution in [1.82, 2.24) is 9.80 Å². The fourth-order valence-electron chi connectivity index (χ4n) is 3.02. The molecule has 0 aliphatic rings. The molecule has 0 atom stereocenters. The van der Waals surface area contributed by atoms with Gasteiger partial charge < -0.3 is 4.90 Å². The average Bonchev–Trinajstić information content (AvgIpc) is 2.65. The van der Waals surface area contributed by atoms with Crippen LogP contribution in [0.15, 0.2) is 54.6 Å². The van der Waals surface area contributed by atoms with Crippen LogP contribution in [0.5, 0.6) is 0 Å². The maximum Gasteiger partial charge on any atom is 0.186 e. The Morgan fingerprint density at radius 1 is 0.885 bits per heavy atom. The van der Waals surface area contributed by atoms with Gasteiger partial charge in [-0.2, -0.15) is 0 Å². The normalized spacial score (nSPS) is 11.6. The quantitative estimate of drug-likeness (QED) is 0.492. The van der Waals surface area contributed by atoms with Gasteiger partial charge in [-0.05, 0) is 50.0 Å². The number of ketones is 1. The second kappa shape index (κ2) is 10.0. The lowest BCUT2D eigenvalue weighted by Crippen LogP contribution is -2.23. The lowest BCUT2D eigenvalue weighted by Gasteiger charge is -2.19. The lowest BCUT2D eigenvalue weighted by atomic mass is 10.0. The molecule has 2 rings (SSSR count). The van der Waals surface area contributed by atoms with Crippen LogP contribution in [-0.2, 0) is 13.1 Å². The number of rotatable bonds is 9. The van der Waals surface area contributed by atoms with E-state index in [0.717, 1.165) is 42.9 Å². The third-order valence-corrected chi connectivity index (χ3v) is 4.53. The van der Waals surface area contributed by atoms with E-state index in [0.29, 0.717) is 0 Å². The van der Waals surface area contributed by atoms with E-state index in [2.05, 4.69) is 55.9 Å². The van der Waals surface area contributed by atoms with Crippen LogP contribution in [0.4, 0.5) is 0 Å². The summed E-state index contributed by atoms with van der Waals surface area (Å²) in [6.45, 7) is 7.91. The molecule has 26 heavy (non-hydrogen) atoms. The van der Waals surface area contributed by atoms with Crippen molar-refractivity contribution in [1.29, 1.82) is 0 Å². The summed E-state index contributed by atoms with van der Waals surface area (Å²) in [6.07, 6.45) is 3.64. The van der Waals surface area contributed by atoms with E-state index in [1.807, 2.05) is 36.4 Å². The predicted molar refractivity (Wildman–Crippen MR) is 110 cm³/mol. The number of benzene rings is 2. The zero-order valence-corrected chi connectivity index (χ0v) is 16.4. The van der Waals surface area contributed by atoms with E-state index in [9.17, 15) is 4.79 Å². The van der Waals surface area contributed by atoms with Crippen molar-refractivity contribution in [3.8, 4) is 0 Å². The van der Waals surface area contributed by atoms with Crippen LogP contribution in [-0.4, -0.2) is 42.8 Å². The summed E-state index contributed by atoms with van der Waals surface area (Å²) in [6, 6.07) is 16.1. The van der Waals surface area contributed by atoms with Crippen LogP contribution in [0.25, 0.3) is 6.08 Å². The highest BCUT2D eigenvalue weighted by molar-refractivity contribution is 6.07. The molecule has 2 aromatic rings. The van der Waals surface area contributed by atoms with E-state index < -0.39 is 0 Å². The van der Waals surface area contributed by atoms with E-state index in [4.69, 9.17) is 0 Å². The smallest absolute Gasteiger partial charge is 0.186 e. The largest absolute Gasteiger partial charge is 0.305 e. The van der Waals surface area contributed by atoms with Crippen LogP contribution in [0.1, 0.15) is 40.9 Å². The third-order valence-electron chi connectivity index (χ3n) is 4.53. The van der Waals surface area contributed by atoms with Gasteiger partial charge in [-0.25, -0.2) is 0 Å². The highest BCUT2D eigenvalue weighted by Crippen LogP contribution is 2.16. The fraction of sp³-hybridized carbons (Fsp3) is 0.348.